The van der Waals surface area contributed by atoms with Crippen molar-refractivity contribution in [1.82, 2.24) is 10.3 Å². The summed E-state index contributed by atoms with van der Waals surface area (Å²) in [6.07, 6.45) is 0.628. The van der Waals surface area contributed by atoms with Crippen molar-refractivity contribution in [3.63, 3.8) is 0 Å². The first-order chi connectivity index (χ1) is 15.3. The molecule has 2 aromatic rings. The molecule has 0 aliphatic rings. The first-order valence-electron chi connectivity index (χ1n) is 10.7. The zero-order valence-corrected chi connectivity index (χ0v) is 19.8. The molecule has 0 radical (unpaired) electrons. The van der Waals surface area contributed by atoms with Crippen molar-refractivity contribution in [3.05, 3.63) is 42.1 Å². The Bertz CT molecular complexity index is 990. The van der Waals surface area contributed by atoms with Crippen LogP contribution in [-0.4, -0.2) is 35.2 Å². The van der Waals surface area contributed by atoms with Crippen LogP contribution in [0.1, 0.15) is 48.0 Å². The molecule has 0 unspecified atom stereocenters. The fourth-order valence-electron chi connectivity index (χ4n) is 3.05. The molecule has 0 fully saturated rings. The molecule has 1 aromatic carbocycles. The Balaban J connectivity index is 2.16. The quantitative estimate of drug-likeness (QED) is 0.554. The fraction of sp³-hybridized carbons (Fsp3) is 0.458. The van der Waals surface area contributed by atoms with Gasteiger partial charge in [-0.25, -0.2) is 18.6 Å². The van der Waals surface area contributed by atoms with Crippen LogP contribution >= 0.6 is 0 Å². The first-order valence-corrected chi connectivity index (χ1v) is 10.7. The van der Waals surface area contributed by atoms with Gasteiger partial charge < -0.3 is 20.1 Å². The van der Waals surface area contributed by atoms with Gasteiger partial charge in [-0.3, -0.25) is 4.79 Å². The number of pyridine rings is 1. The third-order valence-corrected chi connectivity index (χ3v) is 4.31. The van der Waals surface area contributed by atoms with Gasteiger partial charge in [-0.15, -0.1) is 0 Å². The molecule has 2 amide bonds. The molecule has 0 bridgehead atoms. The standard InChI is InChI=1S/C24H31F2N3O4/c1-14(2)9-17(33-23(31)29-24(4,5)6)13-32-21-12-19(25)18(11-20(21)26)16-7-8-27-22(10-16)28-15(3)30/h7-8,10-12,14,17H,9,13H2,1-6H3,(H,29,31)(H,27,28,30)/t17-/m0/s1. The van der Waals surface area contributed by atoms with E-state index in [0.717, 1.165) is 12.1 Å². The summed E-state index contributed by atoms with van der Waals surface area (Å²) >= 11 is 0. The zero-order valence-electron chi connectivity index (χ0n) is 19.8. The lowest BCUT2D eigenvalue weighted by molar-refractivity contribution is -0.114. The van der Waals surface area contributed by atoms with Crippen molar-refractivity contribution < 1.29 is 27.8 Å². The third-order valence-electron chi connectivity index (χ3n) is 4.31. The predicted octanol–water partition coefficient (Wildman–Crippen LogP) is 5.30. The lowest BCUT2D eigenvalue weighted by Crippen LogP contribution is -2.43. The van der Waals surface area contributed by atoms with E-state index in [9.17, 15) is 18.4 Å². The number of anilines is 1. The van der Waals surface area contributed by atoms with E-state index >= 15 is 0 Å². The summed E-state index contributed by atoms with van der Waals surface area (Å²) < 4.78 is 40.4. The maximum absolute atomic E-state index is 14.8. The Labute approximate surface area is 192 Å². The summed E-state index contributed by atoms with van der Waals surface area (Å²) in [5.41, 5.74) is -0.136. The maximum atomic E-state index is 14.8. The van der Waals surface area contributed by atoms with E-state index in [-0.39, 0.29) is 35.6 Å². The molecule has 0 aliphatic heterocycles. The topological polar surface area (TPSA) is 89.5 Å². The van der Waals surface area contributed by atoms with Gasteiger partial charge in [-0.2, -0.15) is 0 Å². The van der Waals surface area contributed by atoms with Gasteiger partial charge in [0.05, 0.1) is 0 Å². The molecular formula is C24H31F2N3O4. The Morgan fingerprint density at radius 2 is 1.82 bits per heavy atom. The van der Waals surface area contributed by atoms with Crippen LogP contribution in [0.25, 0.3) is 11.1 Å². The van der Waals surface area contributed by atoms with Gasteiger partial charge in [0.25, 0.3) is 0 Å². The van der Waals surface area contributed by atoms with E-state index in [4.69, 9.17) is 9.47 Å². The molecule has 180 valence electrons. The number of carbonyl (C=O) groups is 2. The summed E-state index contributed by atoms with van der Waals surface area (Å²) in [6.45, 7) is 10.6. The van der Waals surface area contributed by atoms with Crippen molar-refractivity contribution in [2.45, 2.75) is 59.6 Å². The number of nitrogens with zero attached hydrogens (tertiary/aromatic N) is 1. The van der Waals surface area contributed by atoms with Crippen LogP contribution in [0.5, 0.6) is 5.75 Å². The zero-order chi connectivity index (χ0) is 24.8. The van der Waals surface area contributed by atoms with Gasteiger partial charge in [0, 0.05) is 30.3 Å². The highest BCUT2D eigenvalue weighted by molar-refractivity contribution is 5.88. The Hall–Kier alpha value is -3.23. The number of ether oxygens (including phenoxy) is 2. The molecule has 0 saturated heterocycles. The van der Waals surface area contributed by atoms with Gasteiger partial charge in [-0.05, 0) is 56.9 Å². The smallest absolute Gasteiger partial charge is 0.407 e. The van der Waals surface area contributed by atoms with Gasteiger partial charge in [0.2, 0.25) is 5.91 Å². The van der Waals surface area contributed by atoms with Gasteiger partial charge in [-0.1, -0.05) is 13.8 Å². The summed E-state index contributed by atoms with van der Waals surface area (Å²) in [4.78, 5) is 27.3. The van der Waals surface area contributed by atoms with Crippen LogP contribution in [0.2, 0.25) is 0 Å². The molecule has 2 rings (SSSR count). The molecule has 1 heterocycles. The van der Waals surface area contributed by atoms with Gasteiger partial charge >= 0.3 is 6.09 Å². The Morgan fingerprint density at radius 1 is 1.12 bits per heavy atom. The Morgan fingerprint density at radius 3 is 2.42 bits per heavy atom. The summed E-state index contributed by atoms with van der Waals surface area (Å²) in [6, 6.07) is 4.91. The van der Waals surface area contributed by atoms with Crippen LogP contribution in [0.15, 0.2) is 30.5 Å². The average molecular weight is 464 g/mol. The average Bonchev–Trinajstić information content (AvgIpc) is 2.65. The second kappa shape index (κ2) is 11.1. The monoisotopic (exact) mass is 463 g/mol. The van der Waals surface area contributed by atoms with Gasteiger partial charge in [0.1, 0.15) is 24.3 Å². The second-order valence-electron chi connectivity index (χ2n) is 9.22. The predicted molar refractivity (Wildman–Crippen MR) is 122 cm³/mol. The molecule has 1 aromatic heterocycles. The minimum atomic E-state index is -0.772. The number of halogens is 2. The van der Waals surface area contributed by atoms with E-state index in [1.54, 1.807) is 0 Å². The largest absolute Gasteiger partial charge is 0.487 e. The van der Waals surface area contributed by atoms with Crippen LogP contribution < -0.4 is 15.4 Å². The van der Waals surface area contributed by atoms with Crippen molar-refractivity contribution in [2.75, 3.05) is 11.9 Å². The molecule has 7 nitrogen and oxygen atoms in total. The minimum Gasteiger partial charge on any atom is -0.487 e. The van der Waals surface area contributed by atoms with Gasteiger partial charge in [0.15, 0.2) is 11.6 Å². The number of hydrogen-bond acceptors (Lipinski definition) is 5. The normalized spacial score (nSPS) is 12.3. The highest BCUT2D eigenvalue weighted by Crippen LogP contribution is 2.30. The van der Waals surface area contributed by atoms with Crippen molar-refractivity contribution in [2.24, 2.45) is 5.92 Å². The molecule has 1 atom stereocenters. The molecule has 0 aliphatic carbocycles. The van der Waals surface area contributed by atoms with Crippen molar-refractivity contribution in [3.8, 4) is 16.9 Å². The summed E-state index contributed by atoms with van der Waals surface area (Å²) in [7, 11) is 0. The van der Waals surface area contributed by atoms with E-state index in [1.165, 1.54) is 25.3 Å². The highest BCUT2D eigenvalue weighted by atomic mass is 19.1. The minimum absolute atomic E-state index is 0.00612. The molecule has 2 N–H and O–H groups in total. The number of nitrogens with one attached hydrogen (secondary N) is 2. The molecular weight excluding hydrogens is 432 g/mol. The number of hydrogen-bond donors (Lipinski definition) is 2. The molecule has 0 saturated carbocycles. The van der Waals surface area contributed by atoms with E-state index in [2.05, 4.69) is 15.6 Å². The lowest BCUT2D eigenvalue weighted by atomic mass is 10.1. The number of benzene rings is 1. The molecule has 0 spiro atoms. The van der Waals surface area contributed by atoms with Crippen LogP contribution in [0.3, 0.4) is 0 Å². The Kier molecular flexibility index (Phi) is 8.73. The van der Waals surface area contributed by atoms with Crippen LogP contribution in [0.4, 0.5) is 19.4 Å². The molecule has 33 heavy (non-hydrogen) atoms. The fourth-order valence-corrected chi connectivity index (χ4v) is 3.05. The van der Waals surface area contributed by atoms with Crippen molar-refractivity contribution in [1.29, 1.82) is 0 Å². The second-order valence-corrected chi connectivity index (χ2v) is 9.22. The van der Waals surface area contributed by atoms with Crippen LogP contribution in [0, 0.1) is 17.6 Å². The number of alkyl carbamates (subject to hydrolysis) is 1. The lowest BCUT2D eigenvalue weighted by Gasteiger charge is -2.24. The highest BCUT2D eigenvalue weighted by Gasteiger charge is 2.22. The van der Waals surface area contributed by atoms with E-state index in [0.29, 0.717) is 12.0 Å². The van der Waals surface area contributed by atoms with E-state index in [1.807, 2.05) is 34.6 Å². The summed E-state index contributed by atoms with van der Waals surface area (Å²) in [5, 5.41) is 5.20. The SMILES string of the molecule is CC(=O)Nc1cc(-c2cc(F)c(OC[C@H](CC(C)C)OC(=O)NC(C)(C)C)cc2F)ccn1. The number of amides is 2. The molecule has 9 heteroatoms. The number of carbonyl (C=O) groups excluding carboxylic acids is 2. The van der Waals surface area contributed by atoms with Crippen molar-refractivity contribution >= 4 is 17.8 Å². The van der Waals surface area contributed by atoms with E-state index < -0.39 is 29.4 Å². The maximum Gasteiger partial charge on any atom is 0.407 e. The third kappa shape index (κ3) is 8.67. The number of aromatic nitrogens is 1. The van der Waals surface area contributed by atoms with Crippen LogP contribution in [-0.2, 0) is 9.53 Å². The summed E-state index contributed by atoms with van der Waals surface area (Å²) in [5.74, 6) is -1.69. The first kappa shape index (κ1) is 26.0. The number of rotatable bonds is 8.